The van der Waals surface area contributed by atoms with Crippen LogP contribution in [-0.2, 0) is 32.5 Å². The van der Waals surface area contributed by atoms with Crippen molar-refractivity contribution >= 4 is 21.9 Å². The second-order valence-electron chi connectivity index (χ2n) is 7.43. The molecule has 0 bridgehead atoms. The summed E-state index contributed by atoms with van der Waals surface area (Å²) in [6.07, 6.45) is 1.74. The van der Waals surface area contributed by atoms with Crippen molar-refractivity contribution in [3.05, 3.63) is 83.8 Å². The SMILES string of the molecule is NS(=O)(=O)c1ccc(OCCOC(=O)C2Cc3ccccc3CN2C(=O)c2ccco2)cc1. The third-order valence-corrected chi connectivity index (χ3v) is 6.19. The second-order valence-corrected chi connectivity index (χ2v) is 8.99. The van der Waals surface area contributed by atoms with E-state index in [4.69, 9.17) is 19.0 Å². The molecule has 4 rings (SSSR count). The van der Waals surface area contributed by atoms with Crippen molar-refractivity contribution in [3.8, 4) is 5.75 Å². The van der Waals surface area contributed by atoms with Crippen molar-refractivity contribution in [2.24, 2.45) is 5.14 Å². The summed E-state index contributed by atoms with van der Waals surface area (Å²) in [5, 5.41) is 5.07. The Bertz CT molecular complexity index is 1240. The molecule has 1 amide bonds. The topological polar surface area (TPSA) is 129 Å². The van der Waals surface area contributed by atoms with Crippen LogP contribution in [0.25, 0.3) is 0 Å². The van der Waals surface area contributed by atoms with Crippen molar-refractivity contribution in [2.75, 3.05) is 13.2 Å². The summed E-state index contributed by atoms with van der Waals surface area (Å²) in [7, 11) is -3.78. The summed E-state index contributed by atoms with van der Waals surface area (Å²) < 4.78 is 38.7. The van der Waals surface area contributed by atoms with Gasteiger partial charge in [-0.05, 0) is 47.5 Å². The lowest BCUT2D eigenvalue weighted by atomic mass is 9.93. The van der Waals surface area contributed by atoms with Crippen LogP contribution >= 0.6 is 0 Å². The van der Waals surface area contributed by atoms with Gasteiger partial charge < -0.3 is 18.8 Å². The molecule has 9 nitrogen and oxygen atoms in total. The van der Waals surface area contributed by atoms with E-state index in [1.165, 1.54) is 35.4 Å². The minimum atomic E-state index is -3.78. The third-order valence-electron chi connectivity index (χ3n) is 5.26. The molecule has 172 valence electrons. The maximum absolute atomic E-state index is 12.9. The number of nitrogens with two attached hydrogens (primary N) is 1. The Morgan fingerprint density at radius 1 is 1.00 bits per heavy atom. The first kappa shape index (κ1) is 22.6. The molecular formula is C23H22N2O7S. The summed E-state index contributed by atoms with van der Waals surface area (Å²) in [6, 6.07) is 15.6. The zero-order valence-electron chi connectivity index (χ0n) is 17.5. The highest BCUT2D eigenvalue weighted by Crippen LogP contribution is 2.26. The number of furan rings is 1. The summed E-state index contributed by atoms with van der Waals surface area (Å²) >= 11 is 0. The molecule has 0 saturated carbocycles. The van der Waals surface area contributed by atoms with Crippen LogP contribution < -0.4 is 9.88 Å². The predicted octanol–water partition coefficient (Wildman–Crippen LogP) is 2.12. The number of sulfonamides is 1. The predicted molar refractivity (Wildman–Crippen MR) is 117 cm³/mol. The van der Waals surface area contributed by atoms with Gasteiger partial charge in [0, 0.05) is 13.0 Å². The first-order chi connectivity index (χ1) is 15.8. The van der Waals surface area contributed by atoms with Crippen LogP contribution in [-0.4, -0.2) is 44.4 Å². The first-order valence-corrected chi connectivity index (χ1v) is 11.7. The van der Waals surface area contributed by atoms with E-state index in [1.807, 2.05) is 24.3 Å². The second kappa shape index (κ2) is 9.47. The molecule has 0 fully saturated rings. The fraction of sp³-hybridized carbons (Fsp3) is 0.217. The molecule has 2 N–H and O–H groups in total. The summed E-state index contributed by atoms with van der Waals surface area (Å²) in [5.41, 5.74) is 1.95. The molecule has 0 aliphatic carbocycles. The van der Waals surface area contributed by atoms with E-state index >= 15 is 0 Å². The molecule has 1 unspecified atom stereocenters. The van der Waals surface area contributed by atoms with E-state index in [0.717, 1.165) is 11.1 Å². The Labute approximate surface area is 190 Å². The van der Waals surface area contributed by atoms with Gasteiger partial charge in [0.15, 0.2) is 5.76 Å². The molecule has 0 saturated heterocycles. The van der Waals surface area contributed by atoms with Crippen LogP contribution in [0.4, 0.5) is 0 Å². The lowest BCUT2D eigenvalue weighted by Gasteiger charge is -2.34. The number of nitrogens with zero attached hydrogens (tertiary/aromatic N) is 1. The zero-order valence-corrected chi connectivity index (χ0v) is 18.4. The van der Waals surface area contributed by atoms with Gasteiger partial charge in [0.05, 0.1) is 11.2 Å². The van der Waals surface area contributed by atoms with Crippen LogP contribution in [0.15, 0.2) is 76.2 Å². The van der Waals surface area contributed by atoms with Gasteiger partial charge in [-0.3, -0.25) is 4.79 Å². The minimum absolute atomic E-state index is 0.0276. The minimum Gasteiger partial charge on any atom is -0.490 e. The van der Waals surface area contributed by atoms with Gasteiger partial charge in [-0.15, -0.1) is 0 Å². The number of esters is 1. The third kappa shape index (κ3) is 5.24. The van der Waals surface area contributed by atoms with E-state index in [0.29, 0.717) is 12.2 Å². The first-order valence-electron chi connectivity index (χ1n) is 10.2. The fourth-order valence-corrected chi connectivity index (χ4v) is 4.13. The van der Waals surface area contributed by atoms with E-state index in [9.17, 15) is 18.0 Å². The number of ether oxygens (including phenoxy) is 2. The molecule has 0 radical (unpaired) electrons. The fourth-order valence-electron chi connectivity index (χ4n) is 3.61. The molecule has 10 heteroatoms. The van der Waals surface area contributed by atoms with Gasteiger partial charge in [-0.25, -0.2) is 18.4 Å². The van der Waals surface area contributed by atoms with Gasteiger partial charge in [0.1, 0.15) is 25.0 Å². The lowest BCUT2D eigenvalue weighted by Crippen LogP contribution is -2.49. The number of primary sulfonamides is 1. The smallest absolute Gasteiger partial charge is 0.329 e. The van der Waals surface area contributed by atoms with E-state index in [2.05, 4.69) is 0 Å². The van der Waals surface area contributed by atoms with Crippen LogP contribution in [0.5, 0.6) is 5.75 Å². The molecule has 33 heavy (non-hydrogen) atoms. The van der Waals surface area contributed by atoms with Gasteiger partial charge in [0.2, 0.25) is 10.0 Å². The van der Waals surface area contributed by atoms with Crippen molar-refractivity contribution in [3.63, 3.8) is 0 Å². The van der Waals surface area contributed by atoms with Crippen molar-refractivity contribution in [1.82, 2.24) is 4.90 Å². The molecular weight excluding hydrogens is 448 g/mol. The number of hydrogen-bond donors (Lipinski definition) is 1. The van der Waals surface area contributed by atoms with E-state index < -0.39 is 22.0 Å². The highest BCUT2D eigenvalue weighted by molar-refractivity contribution is 7.89. The van der Waals surface area contributed by atoms with Crippen LogP contribution in [0, 0.1) is 0 Å². The quantitative estimate of drug-likeness (QED) is 0.414. The number of fused-ring (bicyclic) bond motifs is 1. The summed E-state index contributed by atoms with van der Waals surface area (Å²) in [5.74, 6) is -0.377. The summed E-state index contributed by atoms with van der Waals surface area (Å²) in [6.45, 7) is 0.273. The molecule has 1 aromatic heterocycles. The Balaban J connectivity index is 1.38. The van der Waals surface area contributed by atoms with E-state index in [1.54, 1.807) is 12.1 Å². The van der Waals surface area contributed by atoms with E-state index in [-0.39, 0.29) is 36.3 Å². The van der Waals surface area contributed by atoms with Crippen molar-refractivity contribution in [1.29, 1.82) is 0 Å². The van der Waals surface area contributed by atoms with Gasteiger partial charge >= 0.3 is 5.97 Å². The van der Waals surface area contributed by atoms with Crippen LogP contribution in [0.2, 0.25) is 0 Å². The Morgan fingerprint density at radius 3 is 2.39 bits per heavy atom. The molecule has 1 aliphatic rings. The summed E-state index contributed by atoms with van der Waals surface area (Å²) in [4.78, 5) is 27.2. The highest BCUT2D eigenvalue weighted by atomic mass is 32.2. The molecule has 0 spiro atoms. The lowest BCUT2D eigenvalue weighted by molar-refractivity contribution is -0.150. The number of rotatable bonds is 7. The molecule has 1 aliphatic heterocycles. The normalized spacial score (nSPS) is 15.5. The Hall–Kier alpha value is -3.63. The van der Waals surface area contributed by atoms with Crippen LogP contribution in [0.1, 0.15) is 21.7 Å². The molecule has 2 aromatic carbocycles. The zero-order chi connectivity index (χ0) is 23.4. The molecule has 3 aromatic rings. The van der Waals surface area contributed by atoms with Gasteiger partial charge in [-0.1, -0.05) is 24.3 Å². The maximum atomic E-state index is 12.9. The number of amides is 1. The van der Waals surface area contributed by atoms with Crippen LogP contribution in [0.3, 0.4) is 0 Å². The Morgan fingerprint density at radius 2 is 1.73 bits per heavy atom. The monoisotopic (exact) mass is 470 g/mol. The number of hydrogen-bond acceptors (Lipinski definition) is 7. The highest BCUT2D eigenvalue weighted by Gasteiger charge is 2.36. The standard InChI is InChI=1S/C23H22N2O7S/c24-33(28,29)19-9-7-18(8-10-19)30-12-13-32-23(27)20-14-16-4-1-2-5-17(16)15-25(20)22(26)21-6-3-11-31-21/h1-11,20H,12-15H2,(H2,24,28,29). The van der Waals surface area contributed by atoms with Gasteiger partial charge in [-0.2, -0.15) is 0 Å². The average molecular weight is 471 g/mol. The largest absolute Gasteiger partial charge is 0.490 e. The maximum Gasteiger partial charge on any atom is 0.329 e. The Kier molecular flexibility index (Phi) is 6.47. The number of benzene rings is 2. The van der Waals surface area contributed by atoms with Crippen molar-refractivity contribution in [2.45, 2.75) is 23.9 Å². The average Bonchev–Trinajstić information content (AvgIpc) is 3.35. The number of carbonyl (C=O) groups is 2. The van der Waals surface area contributed by atoms with Gasteiger partial charge in [0.25, 0.3) is 5.91 Å². The molecule has 1 atom stereocenters. The number of carbonyl (C=O) groups excluding carboxylic acids is 2. The molecule has 2 heterocycles. The van der Waals surface area contributed by atoms with Crippen molar-refractivity contribution < 1.29 is 31.9 Å².